The zero-order chi connectivity index (χ0) is 11.3. The van der Waals surface area contributed by atoms with E-state index in [4.69, 9.17) is 5.11 Å². The van der Waals surface area contributed by atoms with Crippen molar-refractivity contribution in [2.45, 2.75) is 33.2 Å². The van der Waals surface area contributed by atoms with Gasteiger partial charge in [0.25, 0.3) is 0 Å². The van der Waals surface area contributed by atoms with Crippen molar-refractivity contribution < 1.29 is 9.90 Å². The molecule has 0 aromatic carbocycles. The number of carboxylic acid groups (broad SMARTS) is 1. The molecule has 1 aromatic rings. The van der Waals surface area contributed by atoms with Crippen LogP contribution < -0.4 is 5.32 Å². The van der Waals surface area contributed by atoms with Crippen LogP contribution in [-0.4, -0.2) is 22.6 Å². The Hall–Kier alpha value is -0.940. The molecule has 84 valence electrons. The smallest absolute Gasteiger partial charge is 0.347 e. The number of aryl methyl sites for hydroxylation is 1. The zero-order valence-electron chi connectivity index (χ0n) is 9.04. The van der Waals surface area contributed by atoms with Gasteiger partial charge in [0.05, 0.1) is 5.69 Å². The Morgan fingerprint density at radius 3 is 2.87 bits per heavy atom. The van der Waals surface area contributed by atoms with Crippen molar-refractivity contribution in [3.8, 4) is 0 Å². The number of aromatic nitrogens is 1. The van der Waals surface area contributed by atoms with E-state index < -0.39 is 5.97 Å². The van der Waals surface area contributed by atoms with Gasteiger partial charge >= 0.3 is 5.97 Å². The van der Waals surface area contributed by atoms with Crippen LogP contribution in [0.2, 0.25) is 0 Å². The topological polar surface area (TPSA) is 62.2 Å². The summed E-state index contributed by atoms with van der Waals surface area (Å²) in [5, 5.41) is 12.9. The van der Waals surface area contributed by atoms with Gasteiger partial charge in [-0.2, -0.15) is 0 Å². The van der Waals surface area contributed by atoms with Gasteiger partial charge in [-0.15, -0.1) is 11.3 Å². The summed E-state index contributed by atoms with van der Waals surface area (Å²) in [6.07, 6.45) is 2.29. The lowest BCUT2D eigenvalue weighted by atomic mass is 10.3. The summed E-state index contributed by atoms with van der Waals surface area (Å²) in [6.45, 7) is 5.49. The van der Waals surface area contributed by atoms with Crippen molar-refractivity contribution in [1.82, 2.24) is 10.3 Å². The van der Waals surface area contributed by atoms with Crippen molar-refractivity contribution in [3.63, 3.8) is 0 Å². The van der Waals surface area contributed by atoms with E-state index in [9.17, 15) is 4.79 Å². The van der Waals surface area contributed by atoms with Crippen molar-refractivity contribution in [3.05, 3.63) is 15.6 Å². The molecule has 0 atom stereocenters. The van der Waals surface area contributed by atoms with Crippen molar-refractivity contribution in [1.29, 1.82) is 0 Å². The van der Waals surface area contributed by atoms with Crippen molar-refractivity contribution in [2.24, 2.45) is 0 Å². The summed E-state index contributed by atoms with van der Waals surface area (Å²) in [4.78, 5) is 15.3. The highest BCUT2D eigenvalue weighted by Gasteiger charge is 2.13. The maximum atomic E-state index is 10.8. The molecule has 0 unspecified atom stereocenters. The standard InChI is InChI=1S/C10H16N2O2S/c1-3-4-5-11-6-8-12-7(2)9(15-8)10(13)14/h11H,3-6H2,1-2H3,(H,13,14). The van der Waals surface area contributed by atoms with Crippen LogP contribution >= 0.6 is 11.3 Å². The van der Waals surface area contributed by atoms with Gasteiger partial charge in [-0.25, -0.2) is 9.78 Å². The van der Waals surface area contributed by atoms with Gasteiger partial charge < -0.3 is 10.4 Å². The fraction of sp³-hybridized carbons (Fsp3) is 0.600. The Morgan fingerprint density at radius 1 is 1.60 bits per heavy atom. The SMILES string of the molecule is CCCCNCc1nc(C)c(C(=O)O)s1. The summed E-state index contributed by atoms with van der Waals surface area (Å²) in [5.41, 5.74) is 0.611. The number of carbonyl (C=O) groups is 1. The number of thiazole rings is 1. The van der Waals surface area contributed by atoms with E-state index in [2.05, 4.69) is 17.2 Å². The maximum absolute atomic E-state index is 10.8. The van der Waals surface area contributed by atoms with E-state index in [0.717, 1.165) is 24.4 Å². The third-order valence-electron chi connectivity index (χ3n) is 2.02. The summed E-state index contributed by atoms with van der Waals surface area (Å²) in [7, 11) is 0. The molecule has 15 heavy (non-hydrogen) atoms. The van der Waals surface area contributed by atoms with Gasteiger partial charge in [0.2, 0.25) is 0 Å². The first-order valence-corrected chi connectivity index (χ1v) is 5.87. The molecule has 0 aliphatic carbocycles. The van der Waals surface area contributed by atoms with Gasteiger partial charge in [0, 0.05) is 6.54 Å². The molecule has 1 heterocycles. The van der Waals surface area contributed by atoms with Crippen LogP contribution in [0.15, 0.2) is 0 Å². The van der Waals surface area contributed by atoms with Crippen LogP contribution in [-0.2, 0) is 6.54 Å². The number of nitrogens with zero attached hydrogens (tertiary/aromatic N) is 1. The summed E-state index contributed by atoms with van der Waals surface area (Å²) in [6, 6.07) is 0. The molecule has 0 saturated heterocycles. The molecular formula is C10H16N2O2S. The number of aromatic carboxylic acids is 1. The fourth-order valence-electron chi connectivity index (χ4n) is 1.22. The average molecular weight is 228 g/mol. The molecule has 0 aliphatic rings. The Bertz CT molecular complexity index is 336. The van der Waals surface area contributed by atoms with E-state index in [1.807, 2.05) is 0 Å². The molecule has 1 aromatic heterocycles. The zero-order valence-corrected chi connectivity index (χ0v) is 9.86. The molecule has 0 amide bonds. The number of rotatable bonds is 6. The Kier molecular flexibility index (Phi) is 4.71. The van der Waals surface area contributed by atoms with Gasteiger partial charge in [-0.1, -0.05) is 13.3 Å². The largest absolute Gasteiger partial charge is 0.477 e. The number of carboxylic acids is 1. The van der Waals surface area contributed by atoms with E-state index in [0.29, 0.717) is 17.1 Å². The molecule has 5 heteroatoms. The molecule has 4 nitrogen and oxygen atoms in total. The first-order valence-electron chi connectivity index (χ1n) is 5.05. The summed E-state index contributed by atoms with van der Waals surface area (Å²) >= 11 is 1.25. The minimum Gasteiger partial charge on any atom is -0.477 e. The fourth-order valence-corrected chi connectivity index (χ4v) is 2.10. The second-order valence-corrected chi connectivity index (χ2v) is 4.44. The molecule has 1 rings (SSSR count). The van der Waals surface area contributed by atoms with Crippen LogP contribution in [0.4, 0.5) is 0 Å². The molecule has 0 saturated carbocycles. The second-order valence-electron chi connectivity index (χ2n) is 3.36. The lowest BCUT2D eigenvalue weighted by molar-refractivity contribution is 0.0701. The van der Waals surface area contributed by atoms with Crippen LogP contribution in [0.1, 0.15) is 40.1 Å². The summed E-state index contributed by atoms with van der Waals surface area (Å²) in [5.74, 6) is -0.884. The predicted molar refractivity (Wildman–Crippen MR) is 60.4 cm³/mol. The third-order valence-corrected chi connectivity index (χ3v) is 3.16. The molecule has 2 N–H and O–H groups in total. The van der Waals surface area contributed by atoms with Gasteiger partial charge in [0.1, 0.15) is 9.88 Å². The molecule has 0 fully saturated rings. The highest BCUT2D eigenvalue weighted by atomic mass is 32.1. The highest BCUT2D eigenvalue weighted by molar-refractivity contribution is 7.13. The van der Waals surface area contributed by atoms with E-state index in [1.54, 1.807) is 6.92 Å². The third kappa shape index (κ3) is 3.60. The monoisotopic (exact) mass is 228 g/mol. The number of unbranched alkanes of at least 4 members (excludes halogenated alkanes) is 1. The van der Waals surface area contributed by atoms with E-state index in [1.165, 1.54) is 11.3 Å². The van der Waals surface area contributed by atoms with Crippen LogP contribution in [0.3, 0.4) is 0 Å². The first-order chi connectivity index (χ1) is 7.15. The number of nitrogens with one attached hydrogen (secondary N) is 1. The minimum absolute atomic E-state index is 0.349. The average Bonchev–Trinajstić information content (AvgIpc) is 2.55. The van der Waals surface area contributed by atoms with Crippen LogP contribution in [0.5, 0.6) is 0 Å². The molecular weight excluding hydrogens is 212 g/mol. The lowest BCUT2D eigenvalue weighted by Gasteiger charge is -1.99. The van der Waals surface area contributed by atoms with Crippen LogP contribution in [0.25, 0.3) is 0 Å². The van der Waals surface area contributed by atoms with Crippen molar-refractivity contribution >= 4 is 17.3 Å². The lowest BCUT2D eigenvalue weighted by Crippen LogP contribution is -2.14. The number of hydrogen-bond acceptors (Lipinski definition) is 4. The second kappa shape index (κ2) is 5.82. The van der Waals surface area contributed by atoms with Gasteiger partial charge in [-0.3, -0.25) is 0 Å². The van der Waals surface area contributed by atoms with E-state index in [-0.39, 0.29) is 0 Å². The molecule has 0 aliphatic heterocycles. The normalized spacial score (nSPS) is 10.5. The van der Waals surface area contributed by atoms with Crippen molar-refractivity contribution in [2.75, 3.05) is 6.54 Å². The molecule has 0 spiro atoms. The van der Waals surface area contributed by atoms with Gasteiger partial charge in [-0.05, 0) is 19.9 Å². The Labute approximate surface area is 93.4 Å². The maximum Gasteiger partial charge on any atom is 0.347 e. The first kappa shape index (κ1) is 12.1. The molecule has 0 bridgehead atoms. The van der Waals surface area contributed by atoms with E-state index >= 15 is 0 Å². The van der Waals surface area contributed by atoms with Crippen LogP contribution in [0, 0.1) is 6.92 Å². The summed E-state index contributed by atoms with van der Waals surface area (Å²) < 4.78 is 0. The number of hydrogen-bond donors (Lipinski definition) is 2. The highest BCUT2D eigenvalue weighted by Crippen LogP contribution is 2.17. The minimum atomic E-state index is -0.884. The Morgan fingerprint density at radius 2 is 2.33 bits per heavy atom. The van der Waals surface area contributed by atoms with Gasteiger partial charge in [0.15, 0.2) is 0 Å². The predicted octanol–water partition coefficient (Wildman–Crippen LogP) is 2.04. The Balaban J connectivity index is 2.48. The molecule has 0 radical (unpaired) electrons. The quantitative estimate of drug-likeness (QED) is 0.731.